The standard InChI is InChI=1S/C20H20FN3O5S/c21-15-4-6-16(7-5-15)23-30(28,29)17-8-2-14(3-9-17)20(27)22-12-1-13-24-18(25)10-11-19(24)26/h2-9,23H,1,10-13H2,(H,22,27). The van der Waals surface area contributed by atoms with Gasteiger partial charge in [0.1, 0.15) is 5.82 Å². The minimum absolute atomic E-state index is 0.0468. The lowest BCUT2D eigenvalue weighted by Gasteiger charge is -2.13. The van der Waals surface area contributed by atoms with Crippen molar-refractivity contribution >= 4 is 33.4 Å². The Balaban J connectivity index is 1.52. The Labute approximate surface area is 173 Å². The summed E-state index contributed by atoms with van der Waals surface area (Å²) in [6.07, 6.45) is 0.893. The van der Waals surface area contributed by atoms with Crippen molar-refractivity contribution in [2.24, 2.45) is 0 Å². The van der Waals surface area contributed by atoms with E-state index in [2.05, 4.69) is 10.0 Å². The number of hydrogen-bond acceptors (Lipinski definition) is 5. The lowest BCUT2D eigenvalue weighted by molar-refractivity contribution is -0.138. The van der Waals surface area contributed by atoms with Crippen molar-refractivity contribution in [1.29, 1.82) is 0 Å². The van der Waals surface area contributed by atoms with E-state index in [1.165, 1.54) is 41.3 Å². The molecule has 3 amide bonds. The van der Waals surface area contributed by atoms with Gasteiger partial charge in [-0.15, -0.1) is 0 Å². The van der Waals surface area contributed by atoms with Gasteiger partial charge in [0.2, 0.25) is 11.8 Å². The van der Waals surface area contributed by atoms with Gasteiger partial charge in [0.05, 0.1) is 4.90 Å². The summed E-state index contributed by atoms with van der Waals surface area (Å²) in [5.74, 6) is -1.27. The zero-order valence-corrected chi connectivity index (χ0v) is 16.7. The Morgan fingerprint density at radius 2 is 1.57 bits per heavy atom. The highest BCUT2D eigenvalue weighted by Gasteiger charge is 2.27. The van der Waals surface area contributed by atoms with Gasteiger partial charge < -0.3 is 5.32 Å². The number of amides is 3. The predicted molar refractivity (Wildman–Crippen MR) is 107 cm³/mol. The lowest BCUT2D eigenvalue weighted by atomic mass is 10.2. The highest BCUT2D eigenvalue weighted by Crippen LogP contribution is 2.17. The van der Waals surface area contributed by atoms with Crippen LogP contribution in [0.15, 0.2) is 53.4 Å². The average molecular weight is 433 g/mol. The molecular formula is C20H20FN3O5S. The Hall–Kier alpha value is -3.27. The van der Waals surface area contributed by atoms with Gasteiger partial charge in [-0.25, -0.2) is 12.8 Å². The van der Waals surface area contributed by atoms with E-state index >= 15 is 0 Å². The van der Waals surface area contributed by atoms with E-state index < -0.39 is 21.7 Å². The second-order valence-electron chi connectivity index (χ2n) is 6.69. The molecular weight excluding hydrogens is 413 g/mol. The van der Waals surface area contributed by atoms with Gasteiger partial charge in [-0.2, -0.15) is 0 Å². The van der Waals surface area contributed by atoms with Crippen LogP contribution in [0.1, 0.15) is 29.6 Å². The van der Waals surface area contributed by atoms with Crippen molar-refractivity contribution in [2.75, 3.05) is 17.8 Å². The van der Waals surface area contributed by atoms with E-state index in [1.807, 2.05) is 0 Å². The van der Waals surface area contributed by atoms with E-state index in [4.69, 9.17) is 0 Å². The second-order valence-corrected chi connectivity index (χ2v) is 8.37. The van der Waals surface area contributed by atoms with Crippen LogP contribution in [0.4, 0.5) is 10.1 Å². The zero-order chi connectivity index (χ0) is 21.7. The number of carbonyl (C=O) groups is 3. The molecule has 0 unspecified atom stereocenters. The molecule has 2 N–H and O–H groups in total. The molecule has 0 atom stereocenters. The van der Waals surface area contributed by atoms with E-state index in [-0.39, 0.29) is 53.9 Å². The Kier molecular flexibility index (Phi) is 6.46. The summed E-state index contributed by atoms with van der Waals surface area (Å²) in [6.45, 7) is 0.520. The number of likely N-dealkylation sites (tertiary alicyclic amines) is 1. The van der Waals surface area contributed by atoms with Crippen LogP contribution in [0.25, 0.3) is 0 Å². The summed E-state index contributed by atoms with van der Waals surface area (Å²) in [4.78, 5) is 36.4. The first-order chi connectivity index (χ1) is 14.3. The van der Waals surface area contributed by atoms with Crippen LogP contribution in [-0.2, 0) is 19.6 Å². The summed E-state index contributed by atoms with van der Waals surface area (Å²) in [6, 6.07) is 10.2. The summed E-state index contributed by atoms with van der Waals surface area (Å²) >= 11 is 0. The first-order valence-corrected chi connectivity index (χ1v) is 10.7. The number of benzene rings is 2. The van der Waals surface area contributed by atoms with Crippen molar-refractivity contribution in [3.05, 3.63) is 59.9 Å². The molecule has 1 aliphatic heterocycles. The molecule has 0 aromatic heterocycles. The molecule has 1 heterocycles. The predicted octanol–water partition coefficient (Wildman–Crippen LogP) is 1.90. The highest BCUT2D eigenvalue weighted by molar-refractivity contribution is 7.92. The molecule has 0 bridgehead atoms. The third kappa shape index (κ3) is 5.20. The number of carbonyl (C=O) groups excluding carboxylic acids is 3. The number of rotatable bonds is 8. The maximum absolute atomic E-state index is 12.9. The molecule has 158 valence electrons. The number of imide groups is 1. The maximum Gasteiger partial charge on any atom is 0.261 e. The SMILES string of the molecule is O=C(NCCCN1C(=O)CCC1=O)c1ccc(S(=O)(=O)Nc2ccc(F)cc2)cc1. The quantitative estimate of drug-likeness (QED) is 0.488. The molecule has 0 aliphatic carbocycles. The van der Waals surface area contributed by atoms with Gasteiger partial charge in [-0.3, -0.25) is 24.0 Å². The average Bonchev–Trinajstić information content (AvgIpc) is 3.04. The van der Waals surface area contributed by atoms with Crippen molar-refractivity contribution in [3.63, 3.8) is 0 Å². The van der Waals surface area contributed by atoms with Crippen LogP contribution in [0.5, 0.6) is 0 Å². The molecule has 8 nitrogen and oxygen atoms in total. The van der Waals surface area contributed by atoms with Crippen LogP contribution in [0.2, 0.25) is 0 Å². The van der Waals surface area contributed by atoms with Gasteiger partial charge in [0.15, 0.2) is 0 Å². The third-order valence-corrected chi connectivity index (χ3v) is 5.92. The Morgan fingerprint density at radius 3 is 2.17 bits per heavy atom. The van der Waals surface area contributed by atoms with Gasteiger partial charge in [-0.05, 0) is 55.0 Å². The first-order valence-electron chi connectivity index (χ1n) is 9.26. The van der Waals surface area contributed by atoms with Gasteiger partial charge in [0.25, 0.3) is 15.9 Å². The monoisotopic (exact) mass is 433 g/mol. The first kappa shape index (κ1) is 21.4. The topological polar surface area (TPSA) is 113 Å². The van der Waals surface area contributed by atoms with Gasteiger partial charge in [-0.1, -0.05) is 0 Å². The van der Waals surface area contributed by atoms with E-state index in [9.17, 15) is 27.2 Å². The van der Waals surface area contributed by atoms with E-state index in [0.717, 1.165) is 12.1 Å². The minimum Gasteiger partial charge on any atom is -0.352 e. The molecule has 2 aromatic carbocycles. The number of nitrogens with one attached hydrogen (secondary N) is 2. The van der Waals surface area contributed by atoms with Crippen molar-refractivity contribution < 1.29 is 27.2 Å². The molecule has 0 radical (unpaired) electrons. The van der Waals surface area contributed by atoms with Crippen LogP contribution in [0, 0.1) is 5.82 Å². The number of anilines is 1. The summed E-state index contributed by atoms with van der Waals surface area (Å²) in [5.41, 5.74) is 0.484. The molecule has 10 heteroatoms. The van der Waals surface area contributed by atoms with E-state index in [0.29, 0.717) is 6.42 Å². The lowest BCUT2D eigenvalue weighted by Crippen LogP contribution is -2.33. The molecule has 30 heavy (non-hydrogen) atoms. The van der Waals surface area contributed by atoms with Crippen LogP contribution >= 0.6 is 0 Å². The fourth-order valence-corrected chi connectivity index (χ4v) is 3.99. The maximum atomic E-state index is 12.9. The molecule has 2 aromatic rings. The Morgan fingerprint density at radius 1 is 0.967 bits per heavy atom. The van der Waals surface area contributed by atoms with Gasteiger partial charge >= 0.3 is 0 Å². The fraction of sp³-hybridized carbons (Fsp3) is 0.250. The van der Waals surface area contributed by atoms with Crippen molar-refractivity contribution in [3.8, 4) is 0 Å². The summed E-state index contributed by atoms with van der Waals surface area (Å²) < 4.78 is 40.1. The van der Waals surface area contributed by atoms with Crippen LogP contribution in [-0.4, -0.2) is 44.1 Å². The highest BCUT2D eigenvalue weighted by atomic mass is 32.2. The van der Waals surface area contributed by atoms with Gasteiger partial charge in [0, 0.05) is 37.2 Å². The molecule has 1 fully saturated rings. The molecule has 1 aliphatic rings. The normalized spacial score (nSPS) is 14.1. The molecule has 3 rings (SSSR count). The molecule has 1 saturated heterocycles. The summed E-state index contributed by atoms with van der Waals surface area (Å²) in [7, 11) is -3.88. The number of hydrogen-bond donors (Lipinski definition) is 2. The van der Waals surface area contributed by atoms with Crippen molar-refractivity contribution in [2.45, 2.75) is 24.2 Å². The van der Waals surface area contributed by atoms with Crippen molar-refractivity contribution in [1.82, 2.24) is 10.2 Å². The van der Waals surface area contributed by atoms with Crippen LogP contribution < -0.4 is 10.0 Å². The Bertz CT molecular complexity index is 1040. The third-order valence-electron chi connectivity index (χ3n) is 4.52. The number of sulfonamides is 1. The van der Waals surface area contributed by atoms with Crippen LogP contribution in [0.3, 0.4) is 0 Å². The zero-order valence-electron chi connectivity index (χ0n) is 15.9. The summed E-state index contributed by atoms with van der Waals surface area (Å²) in [5, 5.41) is 2.67. The largest absolute Gasteiger partial charge is 0.352 e. The number of nitrogens with zero attached hydrogens (tertiary/aromatic N) is 1. The number of halogens is 1. The fourth-order valence-electron chi connectivity index (χ4n) is 2.93. The van der Waals surface area contributed by atoms with E-state index in [1.54, 1.807) is 0 Å². The smallest absolute Gasteiger partial charge is 0.261 e. The molecule has 0 saturated carbocycles. The molecule has 0 spiro atoms. The minimum atomic E-state index is -3.88. The second kappa shape index (κ2) is 9.04.